The molecule has 0 saturated carbocycles. The molecule has 0 bridgehead atoms. The molecule has 1 rings (SSSR count). The molecule has 1 aromatic carbocycles. The van der Waals surface area contributed by atoms with Crippen LogP contribution < -0.4 is 11.1 Å². The number of benzene rings is 1. The number of thioether (sulfide) groups is 1. The molecule has 0 aliphatic heterocycles. The molecule has 0 aliphatic rings. The van der Waals surface area contributed by atoms with Crippen LogP contribution in [-0.2, 0) is 4.79 Å². The summed E-state index contributed by atoms with van der Waals surface area (Å²) < 4.78 is 0. The Morgan fingerprint density at radius 1 is 1.60 bits per heavy atom. The zero-order valence-electron chi connectivity index (χ0n) is 11.0. The Morgan fingerprint density at radius 2 is 2.30 bits per heavy atom. The Balaban J connectivity index is 2.64. The van der Waals surface area contributed by atoms with E-state index in [4.69, 9.17) is 17.3 Å². The third-order valence-electron chi connectivity index (χ3n) is 2.54. The number of non-ortho nitro benzene ring substituents is 1. The Labute approximate surface area is 126 Å². The van der Waals surface area contributed by atoms with E-state index in [9.17, 15) is 14.9 Å². The van der Waals surface area contributed by atoms with Crippen LogP contribution in [0.4, 0.5) is 11.4 Å². The van der Waals surface area contributed by atoms with Gasteiger partial charge in [-0.15, -0.1) is 0 Å². The Morgan fingerprint density at radius 3 is 2.85 bits per heavy atom. The van der Waals surface area contributed by atoms with Gasteiger partial charge < -0.3 is 11.1 Å². The van der Waals surface area contributed by atoms with Gasteiger partial charge in [0.15, 0.2) is 0 Å². The van der Waals surface area contributed by atoms with E-state index >= 15 is 0 Å². The molecule has 8 heteroatoms. The van der Waals surface area contributed by atoms with Crippen molar-refractivity contribution in [2.24, 2.45) is 5.73 Å². The molecule has 1 atom stereocenters. The van der Waals surface area contributed by atoms with Crippen LogP contribution in [0.3, 0.4) is 0 Å². The van der Waals surface area contributed by atoms with Gasteiger partial charge in [0.25, 0.3) is 5.69 Å². The van der Waals surface area contributed by atoms with Crippen LogP contribution in [0.15, 0.2) is 18.2 Å². The molecule has 0 heterocycles. The van der Waals surface area contributed by atoms with E-state index in [2.05, 4.69) is 5.32 Å². The maximum absolute atomic E-state index is 11.8. The van der Waals surface area contributed by atoms with Crippen molar-refractivity contribution in [3.63, 3.8) is 0 Å². The summed E-state index contributed by atoms with van der Waals surface area (Å²) in [6.45, 7) is 2.03. The quantitative estimate of drug-likeness (QED) is 0.457. The summed E-state index contributed by atoms with van der Waals surface area (Å²) in [6, 6.07) is 3.24. The van der Waals surface area contributed by atoms with Crippen LogP contribution in [0, 0.1) is 10.1 Å². The van der Waals surface area contributed by atoms with E-state index < -0.39 is 11.0 Å². The first-order chi connectivity index (χ1) is 9.45. The predicted octanol–water partition coefficient (Wildman–Crippen LogP) is 2.66. The summed E-state index contributed by atoms with van der Waals surface area (Å²) in [5, 5.41) is 13.3. The van der Waals surface area contributed by atoms with Gasteiger partial charge >= 0.3 is 0 Å². The highest BCUT2D eigenvalue weighted by atomic mass is 35.5. The number of nitro benzene ring substituents is 1. The van der Waals surface area contributed by atoms with Crippen LogP contribution in [0.1, 0.15) is 13.3 Å². The van der Waals surface area contributed by atoms with Gasteiger partial charge in [0, 0.05) is 12.1 Å². The summed E-state index contributed by atoms with van der Waals surface area (Å²) in [5.74, 6) is 1.43. The van der Waals surface area contributed by atoms with E-state index in [0.717, 1.165) is 11.5 Å². The summed E-state index contributed by atoms with van der Waals surface area (Å²) in [6.07, 6.45) is 0.564. The number of rotatable bonds is 7. The third kappa shape index (κ3) is 4.99. The molecule has 20 heavy (non-hydrogen) atoms. The second-order valence-electron chi connectivity index (χ2n) is 4.00. The first-order valence-electron chi connectivity index (χ1n) is 6.03. The zero-order valence-corrected chi connectivity index (χ0v) is 12.5. The van der Waals surface area contributed by atoms with Gasteiger partial charge in [-0.05, 0) is 24.0 Å². The minimum Gasteiger partial charge on any atom is -0.323 e. The molecule has 0 fully saturated rings. The maximum atomic E-state index is 11.8. The lowest BCUT2D eigenvalue weighted by Gasteiger charge is -2.12. The number of hydrogen-bond acceptors (Lipinski definition) is 5. The normalized spacial score (nSPS) is 11.9. The average Bonchev–Trinajstić information content (AvgIpc) is 2.40. The highest BCUT2D eigenvalue weighted by Crippen LogP contribution is 2.26. The van der Waals surface area contributed by atoms with Crippen LogP contribution in [-0.4, -0.2) is 28.4 Å². The Bertz CT molecular complexity index is 499. The highest BCUT2D eigenvalue weighted by Gasteiger charge is 2.16. The van der Waals surface area contributed by atoms with Crippen LogP contribution in [0.2, 0.25) is 5.02 Å². The molecule has 0 saturated heterocycles. The van der Waals surface area contributed by atoms with Crippen LogP contribution in [0.5, 0.6) is 0 Å². The van der Waals surface area contributed by atoms with Crippen LogP contribution >= 0.6 is 23.4 Å². The lowest BCUT2D eigenvalue weighted by Crippen LogP contribution is -2.36. The number of nitrogens with one attached hydrogen (secondary N) is 1. The summed E-state index contributed by atoms with van der Waals surface area (Å²) in [5.41, 5.74) is 5.95. The zero-order chi connectivity index (χ0) is 15.1. The molecule has 0 aromatic heterocycles. The molecule has 0 radical (unpaired) electrons. The number of anilines is 1. The SMILES string of the molecule is CCSCC[C@H](N)C(=O)Nc1ccc([N+](=O)[O-])cc1Cl. The monoisotopic (exact) mass is 317 g/mol. The Hall–Kier alpha value is -1.31. The maximum Gasteiger partial charge on any atom is 0.271 e. The number of nitro groups is 1. The van der Waals surface area contributed by atoms with Crippen molar-refractivity contribution in [1.29, 1.82) is 0 Å². The smallest absolute Gasteiger partial charge is 0.271 e. The molecular weight excluding hydrogens is 302 g/mol. The van der Waals surface area contributed by atoms with Gasteiger partial charge in [0.1, 0.15) is 0 Å². The molecule has 0 spiro atoms. The number of carbonyl (C=O) groups excluding carboxylic acids is 1. The first-order valence-corrected chi connectivity index (χ1v) is 7.57. The number of nitrogens with zero attached hydrogens (tertiary/aromatic N) is 1. The van der Waals surface area contributed by atoms with Crippen molar-refractivity contribution in [1.82, 2.24) is 0 Å². The number of amides is 1. The summed E-state index contributed by atoms with van der Waals surface area (Å²) in [7, 11) is 0. The van der Waals surface area contributed by atoms with Gasteiger partial charge in [-0.1, -0.05) is 18.5 Å². The fraction of sp³-hybridized carbons (Fsp3) is 0.417. The van der Waals surface area contributed by atoms with E-state index in [1.54, 1.807) is 11.8 Å². The number of halogens is 1. The van der Waals surface area contributed by atoms with E-state index in [1.807, 2.05) is 6.92 Å². The van der Waals surface area contributed by atoms with E-state index in [1.165, 1.54) is 18.2 Å². The molecule has 1 aromatic rings. The molecule has 3 N–H and O–H groups in total. The van der Waals surface area contributed by atoms with Crippen molar-refractivity contribution >= 4 is 40.6 Å². The van der Waals surface area contributed by atoms with Gasteiger partial charge in [-0.25, -0.2) is 0 Å². The standard InChI is InChI=1S/C12H16ClN3O3S/c1-2-20-6-5-10(14)12(17)15-11-4-3-8(16(18)19)7-9(11)13/h3-4,7,10H,2,5-6,14H2,1H3,(H,15,17)/t10-/m0/s1. The van der Waals surface area contributed by atoms with Gasteiger partial charge in [0.05, 0.1) is 21.7 Å². The van der Waals surface area contributed by atoms with Gasteiger partial charge in [-0.3, -0.25) is 14.9 Å². The molecular formula is C12H16ClN3O3S. The topological polar surface area (TPSA) is 98.3 Å². The van der Waals surface area contributed by atoms with Crippen molar-refractivity contribution < 1.29 is 9.72 Å². The van der Waals surface area contributed by atoms with Crippen molar-refractivity contribution in [2.45, 2.75) is 19.4 Å². The summed E-state index contributed by atoms with van der Waals surface area (Å²) >= 11 is 7.59. The Kier molecular flexibility index (Phi) is 6.77. The second-order valence-corrected chi connectivity index (χ2v) is 5.80. The molecule has 0 aliphatic carbocycles. The lowest BCUT2D eigenvalue weighted by molar-refractivity contribution is -0.384. The highest BCUT2D eigenvalue weighted by molar-refractivity contribution is 7.99. The minimum atomic E-state index is -0.625. The van der Waals surface area contributed by atoms with Gasteiger partial charge in [0.2, 0.25) is 5.91 Å². The molecule has 1 amide bonds. The molecule has 0 unspecified atom stereocenters. The van der Waals surface area contributed by atoms with Crippen LogP contribution in [0.25, 0.3) is 0 Å². The average molecular weight is 318 g/mol. The third-order valence-corrected chi connectivity index (χ3v) is 3.78. The fourth-order valence-corrected chi connectivity index (χ4v) is 2.36. The van der Waals surface area contributed by atoms with Crippen molar-refractivity contribution in [2.75, 3.05) is 16.8 Å². The molecule has 6 nitrogen and oxygen atoms in total. The number of nitrogens with two attached hydrogens (primary N) is 1. The van der Waals surface area contributed by atoms with Crippen molar-refractivity contribution in [3.05, 3.63) is 33.3 Å². The number of carbonyl (C=O) groups is 1. The van der Waals surface area contributed by atoms with E-state index in [-0.39, 0.29) is 16.6 Å². The largest absolute Gasteiger partial charge is 0.323 e. The lowest BCUT2D eigenvalue weighted by atomic mass is 10.2. The van der Waals surface area contributed by atoms with Crippen molar-refractivity contribution in [3.8, 4) is 0 Å². The summed E-state index contributed by atoms with van der Waals surface area (Å²) in [4.78, 5) is 21.9. The fourth-order valence-electron chi connectivity index (χ4n) is 1.43. The van der Waals surface area contributed by atoms with Gasteiger partial charge in [-0.2, -0.15) is 11.8 Å². The second kappa shape index (κ2) is 8.08. The first kappa shape index (κ1) is 16.7. The predicted molar refractivity (Wildman–Crippen MR) is 82.3 cm³/mol. The van der Waals surface area contributed by atoms with E-state index in [0.29, 0.717) is 12.1 Å². The number of hydrogen-bond donors (Lipinski definition) is 2. The molecule has 110 valence electrons. The minimum absolute atomic E-state index is 0.114.